The molecule has 0 saturated carbocycles. The first-order chi connectivity index (χ1) is 8.14. The molecule has 7 heteroatoms. The topological polar surface area (TPSA) is 36.4 Å². The van der Waals surface area contributed by atoms with E-state index in [4.69, 9.17) is 0 Å². The number of halogens is 4. The first-order valence-corrected chi connectivity index (χ1v) is 6.23. The molecule has 2 N–H and O–H groups in total. The van der Waals surface area contributed by atoms with Gasteiger partial charge in [0.1, 0.15) is 0 Å². The van der Waals surface area contributed by atoms with Crippen LogP contribution in [0.1, 0.15) is 40.5 Å². The summed E-state index contributed by atoms with van der Waals surface area (Å²) in [6.07, 6.45) is -4.11. The highest BCUT2D eigenvalue weighted by Gasteiger charge is 2.26. The van der Waals surface area contributed by atoms with Crippen molar-refractivity contribution in [1.29, 1.82) is 0 Å². The molecule has 0 rings (SSSR count). The van der Waals surface area contributed by atoms with Crippen molar-refractivity contribution in [3.05, 3.63) is 0 Å². The Morgan fingerprint density at radius 2 is 1.63 bits per heavy atom. The molecule has 0 aliphatic carbocycles. The zero-order valence-electron chi connectivity index (χ0n) is 12.0. The van der Waals surface area contributed by atoms with Crippen LogP contribution < -0.4 is 10.6 Å². The second kappa shape index (κ2) is 9.66. The molecule has 0 saturated heterocycles. The largest absolute Gasteiger partial charge is 0.390 e. The van der Waals surface area contributed by atoms with Gasteiger partial charge in [-0.1, -0.05) is 20.8 Å². The number of alkyl halides is 3. The molecule has 0 radical (unpaired) electrons. The third-order valence-corrected chi connectivity index (χ3v) is 2.18. The Morgan fingerprint density at radius 1 is 1.05 bits per heavy atom. The fraction of sp³-hybridized carbons (Fsp3) is 0.917. The molecule has 0 aliphatic heterocycles. The minimum Gasteiger partial charge on any atom is -0.357 e. The Hall–Kier alpha value is -0.210. The van der Waals surface area contributed by atoms with Gasteiger partial charge >= 0.3 is 6.18 Å². The van der Waals surface area contributed by atoms with Gasteiger partial charge in [-0.2, -0.15) is 13.2 Å². The third-order valence-electron chi connectivity index (χ3n) is 2.18. The molecule has 0 heterocycles. The van der Waals surface area contributed by atoms with E-state index in [2.05, 4.69) is 36.4 Å². The van der Waals surface area contributed by atoms with Crippen LogP contribution in [0.25, 0.3) is 0 Å². The van der Waals surface area contributed by atoms with Gasteiger partial charge in [0, 0.05) is 13.1 Å². The van der Waals surface area contributed by atoms with E-state index in [9.17, 15) is 13.2 Å². The molecular formula is C12H25F3IN3. The van der Waals surface area contributed by atoms with Crippen molar-refractivity contribution < 1.29 is 13.2 Å². The standard InChI is InChI=1S/C12H24F3N3.HI/c1-5-16-10(17-8-6-11(2,3)4)18-9-7-12(13,14)15;/h5-9H2,1-4H3,(H2,16,17,18);1H. The lowest BCUT2D eigenvalue weighted by Crippen LogP contribution is -2.38. The highest BCUT2D eigenvalue weighted by molar-refractivity contribution is 14.0. The zero-order chi connectivity index (χ0) is 14.2. The second-order valence-corrected chi connectivity index (χ2v) is 5.36. The lowest BCUT2D eigenvalue weighted by molar-refractivity contribution is -0.132. The van der Waals surface area contributed by atoms with Crippen LogP contribution in [0.2, 0.25) is 0 Å². The zero-order valence-corrected chi connectivity index (χ0v) is 14.4. The average molecular weight is 395 g/mol. The Kier molecular flexibility index (Phi) is 10.7. The summed E-state index contributed by atoms with van der Waals surface area (Å²) in [5, 5.41) is 5.96. The van der Waals surface area contributed by atoms with E-state index in [1.165, 1.54) is 0 Å². The van der Waals surface area contributed by atoms with Crippen molar-refractivity contribution in [3.8, 4) is 0 Å². The molecule has 0 bridgehead atoms. The Balaban J connectivity index is 0. The van der Waals surface area contributed by atoms with Gasteiger partial charge in [0.25, 0.3) is 0 Å². The number of aliphatic imine (C=N–C) groups is 1. The van der Waals surface area contributed by atoms with E-state index in [1.54, 1.807) is 0 Å². The van der Waals surface area contributed by atoms with E-state index in [0.717, 1.165) is 6.42 Å². The first-order valence-electron chi connectivity index (χ1n) is 6.23. The molecule has 0 unspecified atom stereocenters. The molecule has 3 nitrogen and oxygen atoms in total. The lowest BCUT2D eigenvalue weighted by Gasteiger charge is -2.19. The van der Waals surface area contributed by atoms with Crippen LogP contribution >= 0.6 is 24.0 Å². The van der Waals surface area contributed by atoms with Gasteiger partial charge in [-0.3, -0.25) is 4.99 Å². The van der Waals surface area contributed by atoms with Gasteiger partial charge in [-0.15, -0.1) is 24.0 Å². The fourth-order valence-corrected chi connectivity index (χ4v) is 1.19. The minimum atomic E-state index is -4.15. The summed E-state index contributed by atoms with van der Waals surface area (Å²) in [6, 6.07) is 0. The number of rotatable bonds is 5. The smallest absolute Gasteiger partial charge is 0.357 e. The highest BCUT2D eigenvalue weighted by atomic mass is 127. The Morgan fingerprint density at radius 3 is 2.05 bits per heavy atom. The van der Waals surface area contributed by atoms with Crippen LogP contribution in [-0.4, -0.2) is 31.8 Å². The lowest BCUT2D eigenvalue weighted by atomic mass is 9.92. The number of hydrogen-bond acceptors (Lipinski definition) is 1. The van der Waals surface area contributed by atoms with Crippen molar-refractivity contribution in [2.45, 2.75) is 46.7 Å². The van der Waals surface area contributed by atoms with E-state index in [0.29, 0.717) is 19.0 Å². The predicted octanol–water partition coefficient (Wildman–Crippen LogP) is 3.55. The molecule has 0 aromatic heterocycles. The van der Waals surface area contributed by atoms with E-state index in [1.807, 2.05) is 6.92 Å². The molecule has 0 aromatic carbocycles. The van der Waals surface area contributed by atoms with Gasteiger partial charge in [0.05, 0.1) is 13.0 Å². The molecule has 0 aliphatic rings. The van der Waals surface area contributed by atoms with Gasteiger partial charge in [0.15, 0.2) is 5.96 Å². The number of nitrogens with zero attached hydrogens (tertiary/aromatic N) is 1. The van der Waals surface area contributed by atoms with Crippen molar-refractivity contribution in [1.82, 2.24) is 10.6 Å². The summed E-state index contributed by atoms with van der Waals surface area (Å²) >= 11 is 0. The maximum Gasteiger partial charge on any atom is 0.390 e. The maximum absolute atomic E-state index is 12.0. The quantitative estimate of drug-likeness (QED) is 0.425. The van der Waals surface area contributed by atoms with E-state index in [-0.39, 0.29) is 35.9 Å². The normalized spacial score (nSPS) is 12.9. The summed E-state index contributed by atoms with van der Waals surface area (Å²) in [5.74, 6) is 0.450. The fourth-order valence-electron chi connectivity index (χ4n) is 1.19. The average Bonchev–Trinajstić information content (AvgIpc) is 2.13. The van der Waals surface area contributed by atoms with Gasteiger partial charge in [-0.25, -0.2) is 0 Å². The van der Waals surface area contributed by atoms with Crippen molar-refractivity contribution in [2.24, 2.45) is 10.4 Å². The Bertz CT molecular complexity index is 260. The molecule has 0 atom stereocenters. The summed E-state index contributed by atoms with van der Waals surface area (Å²) in [4.78, 5) is 3.89. The summed E-state index contributed by atoms with van der Waals surface area (Å²) < 4.78 is 36.0. The number of hydrogen-bond donors (Lipinski definition) is 2. The number of guanidine groups is 1. The molecule has 19 heavy (non-hydrogen) atoms. The van der Waals surface area contributed by atoms with Crippen LogP contribution in [0.4, 0.5) is 13.2 Å². The monoisotopic (exact) mass is 395 g/mol. The van der Waals surface area contributed by atoms with E-state index >= 15 is 0 Å². The number of nitrogens with one attached hydrogen (secondary N) is 2. The first kappa shape index (κ1) is 21.1. The van der Waals surface area contributed by atoms with Crippen LogP contribution in [0, 0.1) is 5.41 Å². The molecule has 116 valence electrons. The second-order valence-electron chi connectivity index (χ2n) is 5.36. The van der Waals surface area contributed by atoms with Crippen LogP contribution in [-0.2, 0) is 0 Å². The van der Waals surface area contributed by atoms with E-state index < -0.39 is 12.6 Å². The Labute approximate surface area is 130 Å². The van der Waals surface area contributed by atoms with Crippen molar-refractivity contribution in [2.75, 3.05) is 19.6 Å². The van der Waals surface area contributed by atoms with Crippen molar-refractivity contribution >= 4 is 29.9 Å². The molecular weight excluding hydrogens is 370 g/mol. The molecule has 0 fully saturated rings. The third kappa shape index (κ3) is 15.7. The molecule has 0 aromatic rings. The van der Waals surface area contributed by atoms with Crippen LogP contribution in [0.3, 0.4) is 0 Å². The van der Waals surface area contributed by atoms with Crippen LogP contribution in [0.15, 0.2) is 4.99 Å². The van der Waals surface area contributed by atoms with Crippen molar-refractivity contribution in [3.63, 3.8) is 0 Å². The molecule has 0 spiro atoms. The predicted molar refractivity (Wildman–Crippen MR) is 84.1 cm³/mol. The van der Waals surface area contributed by atoms with Gasteiger partial charge < -0.3 is 10.6 Å². The summed E-state index contributed by atoms with van der Waals surface area (Å²) in [5.41, 5.74) is 0.191. The highest BCUT2D eigenvalue weighted by Crippen LogP contribution is 2.19. The SMILES string of the molecule is CCNC(=NCCC(F)(F)F)NCCC(C)(C)C.I. The minimum absolute atomic E-state index is 0. The van der Waals surface area contributed by atoms with Crippen LogP contribution in [0.5, 0.6) is 0 Å². The van der Waals surface area contributed by atoms with Gasteiger partial charge in [0.2, 0.25) is 0 Å². The summed E-state index contributed by atoms with van der Waals surface area (Å²) in [6.45, 7) is 9.31. The summed E-state index contributed by atoms with van der Waals surface area (Å²) in [7, 11) is 0. The maximum atomic E-state index is 12.0. The molecule has 0 amide bonds. The van der Waals surface area contributed by atoms with Gasteiger partial charge in [-0.05, 0) is 18.8 Å².